The van der Waals surface area contributed by atoms with Gasteiger partial charge in [-0.1, -0.05) is 18.6 Å². The van der Waals surface area contributed by atoms with Crippen LogP contribution in [0.4, 0.5) is 4.39 Å². The van der Waals surface area contributed by atoms with Gasteiger partial charge in [-0.25, -0.2) is 4.39 Å². The van der Waals surface area contributed by atoms with Crippen LogP contribution in [0, 0.1) is 11.7 Å². The highest BCUT2D eigenvalue weighted by atomic mass is 19.1. The minimum Gasteiger partial charge on any atom is -0.313 e. The lowest BCUT2D eigenvalue weighted by Crippen LogP contribution is -2.57. The lowest BCUT2D eigenvalue weighted by molar-refractivity contribution is 0.141. The van der Waals surface area contributed by atoms with E-state index in [4.69, 9.17) is 0 Å². The molecule has 1 aliphatic heterocycles. The number of nitrogens with one attached hydrogen (secondary N) is 1. The molecule has 3 rings (SSSR count). The quantitative estimate of drug-likeness (QED) is 0.743. The second-order valence-electron chi connectivity index (χ2n) is 4.78. The third-order valence-electron chi connectivity index (χ3n) is 3.95. The van der Waals surface area contributed by atoms with Crippen LogP contribution in [-0.2, 0) is 0 Å². The molecule has 0 aromatic heterocycles. The molecule has 1 aromatic rings. The lowest BCUT2D eigenvalue weighted by atomic mass is 9.70. The first kappa shape index (κ1) is 9.34. The van der Waals surface area contributed by atoms with E-state index in [9.17, 15) is 4.39 Å². The number of halogens is 1. The maximum atomic E-state index is 12.8. The molecule has 1 heterocycles. The van der Waals surface area contributed by atoms with Crippen LogP contribution in [0.25, 0.3) is 0 Å². The summed E-state index contributed by atoms with van der Waals surface area (Å²) in [6.07, 6.45) is 3.94. The van der Waals surface area contributed by atoms with Crippen molar-refractivity contribution in [3.63, 3.8) is 0 Å². The van der Waals surface area contributed by atoms with Crippen LogP contribution in [0.5, 0.6) is 0 Å². The van der Waals surface area contributed by atoms with Crippen molar-refractivity contribution in [3.05, 3.63) is 35.6 Å². The summed E-state index contributed by atoms with van der Waals surface area (Å²) in [7, 11) is 0. The molecule has 1 aromatic carbocycles. The molecule has 1 saturated heterocycles. The average molecular weight is 205 g/mol. The smallest absolute Gasteiger partial charge is 0.123 e. The topological polar surface area (TPSA) is 12.0 Å². The van der Waals surface area contributed by atoms with Crippen LogP contribution in [0.3, 0.4) is 0 Å². The number of rotatable bonds is 1. The zero-order valence-corrected chi connectivity index (χ0v) is 8.75. The summed E-state index contributed by atoms with van der Waals surface area (Å²) in [4.78, 5) is 0. The highest BCUT2D eigenvalue weighted by Gasteiger charge is 2.39. The van der Waals surface area contributed by atoms with Gasteiger partial charge in [0.1, 0.15) is 5.82 Å². The molecule has 1 N–H and O–H groups in total. The summed E-state index contributed by atoms with van der Waals surface area (Å²) in [5.41, 5.74) is 1.30. The third-order valence-corrected chi connectivity index (χ3v) is 3.95. The molecule has 1 aliphatic carbocycles. The van der Waals surface area contributed by atoms with E-state index in [0.717, 1.165) is 5.92 Å². The van der Waals surface area contributed by atoms with Crippen molar-refractivity contribution < 1.29 is 4.39 Å². The van der Waals surface area contributed by atoms with Gasteiger partial charge in [-0.05, 0) is 48.9 Å². The standard InChI is InChI=1S/C13H16FN/c14-11-6-4-9(5-7-11)12-3-1-2-10-8-15-13(10)12/h4-7,10,12-13,15H,1-3,8H2/t10-,12-,13+/m0/s1. The Morgan fingerprint density at radius 1 is 1.13 bits per heavy atom. The van der Waals surface area contributed by atoms with E-state index in [1.54, 1.807) is 12.1 Å². The van der Waals surface area contributed by atoms with Gasteiger partial charge in [0.05, 0.1) is 0 Å². The van der Waals surface area contributed by atoms with Crippen LogP contribution in [-0.4, -0.2) is 12.6 Å². The molecule has 80 valence electrons. The van der Waals surface area contributed by atoms with Crippen molar-refractivity contribution in [2.24, 2.45) is 5.92 Å². The van der Waals surface area contributed by atoms with Gasteiger partial charge >= 0.3 is 0 Å². The van der Waals surface area contributed by atoms with E-state index < -0.39 is 0 Å². The predicted molar refractivity (Wildman–Crippen MR) is 58.3 cm³/mol. The van der Waals surface area contributed by atoms with Gasteiger partial charge in [0, 0.05) is 6.04 Å². The Kier molecular flexibility index (Phi) is 2.24. The molecule has 2 fully saturated rings. The summed E-state index contributed by atoms with van der Waals surface area (Å²) in [6.45, 7) is 1.18. The second kappa shape index (κ2) is 3.60. The van der Waals surface area contributed by atoms with Crippen molar-refractivity contribution >= 4 is 0 Å². The molecule has 1 nitrogen and oxygen atoms in total. The first-order valence-corrected chi connectivity index (χ1v) is 5.83. The SMILES string of the molecule is Fc1ccc([C@@H]2CCC[C@H]3CN[C@H]32)cc1. The van der Waals surface area contributed by atoms with Gasteiger partial charge in [-0.15, -0.1) is 0 Å². The van der Waals surface area contributed by atoms with Crippen LogP contribution in [0.15, 0.2) is 24.3 Å². The first-order chi connectivity index (χ1) is 7.34. The molecular formula is C13H16FN. The summed E-state index contributed by atoms with van der Waals surface area (Å²) < 4.78 is 12.8. The van der Waals surface area contributed by atoms with E-state index in [2.05, 4.69) is 5.32 Å². The number of hydrogen-bond acceptors (Lipinski definition) is 1. The van der Waals surface area contributed by atoms with Crippen molar-refractivity contribution in [1.82, 2.24) is 5.32 Å². The molecule has 0 bridgehead atoms. The highest BCUT2D eigenvalue weighted by molar-refractivity contribution is 5.24. The fourth-order valence-corrected chi connectivity index (χ4v) is 3.04. The van der Waals surface area contributed by atoms with Gasteiger partial charge < -0.3 is 5.32 Å². The Labute approximate surface area is 89.7 Å². The molecule has 0 amide bonds. The zero-order chi connectivity index (χ0) is 10.3. The molecule has 2 heteroatoms. The monoisotopic (exact) mass is 205 g/mol. The van der Waals surface area contributed by atoms with E-state index in [1.807, 2.05) is 12.1 Å². The minimum atomic E-state index is -0.132. The zero-order valence-electron chi connectivity index (χ0n) is 8.75. The van der Waals surface area contributed by atoms with Gasteiger partial charge in [0.25, 0.3) is 0 Å². The van der Waals surface area contributed by atoms with Gasteiger partial charge in [-0.3, -0.25) is 0 Å². The van der Waals surface area contributed by atoms with Crippen molar-refractivity contribution in [3.8, 4) is 0 Å². The molecule has 15 heavy (non-hydrogen) atoms. The molecular weight excluding hydrogens is 189 g/mol. The van der Waals surface area contributed by atoms with Crippen LogP contribution in [0.2, 0.25) is 0 Å². The summed E-state index contributed by atoms with van der Waals surface area (Å²) in [6, 6.07) is 7.71. The normalized spacial score (nSPS) is 34.3. The van der Waals surface area contributed by atoms with Crippen molar-refractivity contribution in [2.75, 3.05) is 6.54 Å². The first-order valence-electron chi connectivity index (χ1n) is 5.83. The molecule has 0 spiro atoms. The fraction of sp³-hybridized carbons (Fsp3) is 0.538. The molecule has 0 radical (unpaired) electrons. The van der Waals surface area contributed by atoms with Crippen molar-refractivity contribution in [1.29, 1.82) is 0 Å². The van der Waals surface area contributed by atoms with Gasteiger partial charge in [0.15, 0.2) is 0 Å². The van der Waals surface area contributed by atoms with Gasteiger partial charge in [-0.2, -0.15) is 0 Å². The Morgan fingerprint density at radius 3 is 2.60 bits per heavy atom. The average Bonchev–Trinajstić information content (AvgIpc) is 2.21. The summed E-state index contributed by atoms with van der Waals surface area (Å²) >= 11 is 0. The van der Waals surface area contributed by atoms with Crippen LogP contribution < -0.4 is 5.32 Å². The molecule has 0 unspecified atom stereocenters. The van der Waals surface area contributed by atoms with Gasteiger partial charge in [0.2, 0.25) is 0 Å². The molecule has 3 atom stereocenters. The van der Waals surface area contributed by atoms with Crippen LogP contribution in [0.1, 0.15) is 30.7 Å². The van der Waals surface area contributed by atoms with Crippen LogP contribution >= 0.6 is 0 Å². The minimum absolute atomic E-state index is 0.132. The largest absolute Gasteiger partial charge is 0.313 e. The maximum absolute atomic E-state index is 12.8. The van der Waals surface area contributed by atoms with E-state index in [1.165, 1.54) is 31.4 Å². The Morgan fingerprint density at radius 2 is 1.93 bits per heavy atom. The number of hydrogen-bond donors (Lipinski definition) is 1. The third kappa shape index (κ3) is 1.57. The molecule has 1 saturated carbocycles. The lowest BCUT2D eigenvalue weighted by Gasteiger charge is -2.47. The van der Waals surface area contributed by atoms with E-state index >= 15 is 0 Å². The second-order valence-corrected chi connectivity index (χ2v) is 4.78. The highest BCUT2D eigenvalue weighted by Crippen LogP contribution is 2.40. The number of benzene rings is 1. The number of fused-ring (bicyclic) bond motifs is 1. The molecule has 2 aliphatic rings. The Bertz CT molecular complexity index is 346. The summed E-state index contributed by atoms with van der Waals surface area (Å²) in [5, 5.41) is 3.52. The van der Waals surface area contributed by atoms with E-state index in [0.29, 0.717) is 12.0 Å². The summed E-state index contributed by atoms with van der Waals surface area (Å²) in [5.74, 6) is 1.35. The predicted octanol–water partition coefficient (Wildman–Crippen LogP) is 2.68. The fourth-order valence-electron chi connectivity index (χ4n) is 3.04. The Hall–Kier alpha value is -0.890. The van der Waals surface area contributed by atoms with Crippen molar-refractivity contribution in [2.45, 2.75) is 31.2 Å². The van der Waals surface area contributed by atoms with E-state index in [-0.39, 0.29) is 5.82 Å². The Balaban J connectivity index is 1.83. The maximum Gasteiger partial charge on any atom is 0.123 e.